The van der Waals surface area contributed by atoms with Crippen LogP contribution in [0.15, 0.2) is 36.4 Å². The highest BCUT2D eigenvalue weighted by Gasteiger charge is 2.07. The third-order valence-corrected chi connectivity index (χ3v) is 3.29. The van der Waals surface area contributed by atoms with Crippen molar-refractivity contribution in [2.24, 2.45) is 0 Å². The Balaban J connectivity index is 2.24. The van der Waals surface area contributed by atoms with Gasteiger partial charge in [0.25, 0.3) is 0 Å². The number of halogens is 2. The molecular formula is C17H19F2N. The van der Waals surface area contributed by atoms with Crippen molar-refractivity contribution in [1.82, 2.24) is 5.32 Å². The Bertz CT molecular complexity index is 594. The fourth-order valence-electron chi connectivity index (χ4n) is 2.21. The minimum absolute atomic E-state index is 0.227. The molecule has 0 radical (unpaired) electrons. The molecule has 0 heterocycles. The molecule has 0 saturated carbocycles. The van der Waals surface area contributed by atoms with Crippen LogP contribution in [0.25, 0.3) is 11.1 Å². The highest BCUT2D eigenvalue weighted by Crippen LogP contribution is 2.25. The van der Waals surface area contributed by atoms with E-state index in [0.717, 1.165) is 29.7 Å². The molecule has 0 atom stereocenters. The quantitative estimate of drug-likeness (QED) is 0.795. The van der Waals surface area contributed by atoms with Crippen LogP contribution in [0.5, 0.6) is 0 Å². The minimum Gasteiger partial charge on any atom is -0.313 e. The summed E-state index contributed by atoms with van der Waals surface area (Å²) in [6, 6.07) is 9.74. The maximum atomic E-state index is 14.1. The largest absolute Gasteiger partial charge is 0.313 e. The molecule has 20 heavy (non-hydrogen) atoms. The van der Waals surface area contributed by atoms with Crippen LogP contribution in [0.3, 0.4) is 0 Å². The molecule has 0 saturated heterocycles. The molecule has 0 spiro atoms. The third kappa shape index (κ3) is 3.42. The topological polar surface area (TPSA) is 12.0 Å². The lowest BCUT2D eigenvalue weighted by Gasteiger charge is -2.09. The zero-order valence-electron chi connectivity index (χ0n) is 11.8. The summed E-state index contributed by atoms with van der Waals surface area (Å²) in [5.74, 6) is -0.498. The minimum atomic E-state index is -0.271. The Labute approximate surface area is 118 Å². The summed E-state index contributed by atoms with van der Waals surface area (Å²) in [6.45, 7) is 5.30. The molecule has 0 aliphatic heterocycles. The van der Waals surface area contributed by atoms with Gasteiger partial charge in [-0.2, -0.15) is 0 Å². The number of benzene rings is 2. The monoisotopic (exact) mass is 275 g/mol. The Hall–Kier alpha value is -1.74. The van der Waals surface area contributed by atoms with Gasteiger partial charge in [-0.15, -0.1) is 0 Å². The molecule has 106 valence electrons. The molecule has 0 bridgehead atoms. The summed E-state index contributed by atoms with van der Waals surface area (Å²) in [5, 5.41) is 3.18. The maximum Gasteiger partial charge on any atom is 0.128 e. The average Bonchev–Trinajstić information content (AvgIpc) is 2.41. The van der Waals surface area contributed by atoms with Gasteiger partial charge in [-0.25, -0.2) is 8.78 Å². The highest BCUT2D eigenvalue weighted by molar-refractivity contribution is 5.67. The van der Waals surface area contributed by atoms with E-state index in [2.05, 4.69) is 12.2 Å². The molecule has 0 fully saturated rings. The first kappa shape index (κ1) is 14.7. The van der Waals surface area contributed by atoms with Crippen LogP contribution in [0.1, 0.15) is 24.5 Å². The lowest BCUT2D eigenvalue weighted by molar-refractivity contribution is 0.587. The van der Waals surface area contributed by atoms with Gasteiger partial charge in [0.05, 0.1) is 0 Å². The van der Waals surface area contributed by atoms with Crippen molar-refractivity contribution in [2.75, 3.05) is 6.54 Å². The Kier molecular flexibility index (Phi) is 4.85. The molecule has 0 aliphatic carbocycles. The van der Waals surface area contributed by atoms with Crippen LogP contribution in [0.2, 0.25) is 0 Å². The van der Waals surface area contributed by atoms with Crippen molar-refractivity contribution in [1.29, 1.82) is 0 Å². The molecule has 1 nitrogen and oxygen atoms in total. The first-order valence-corrected chi connectivity index (χ1v) is 6.87. The number of hydrogen-bond donors (Lipinski definition) is 1. The summed E-state index contributed by atoms with van der Waals surface area (Å²) in [5.41, 5.74) is 3.10. The number of rotatable bonds is 5. The van der Waals surface area contributed by atoms with E-state index >= 15 is 0 Å². The van der Waals surface area contributed by atoms with Crippen molar-refractivity contribution < 1.29 is 8.78 Å². The first-order valence-electron chi connectivity index (χ1n) is 6.87. The SMILES string of the molecule is CCCNCc1ccc(-c2ccc(F)cc2C)cc1F. The summed E-state index contributed by atoms with van der Waals surface area (Å²) in [4.78, 5) is 0. The average molecular weight is 275 g/mol. The molecule has 2 rings (SSSR count). The van der Waals surface area contributed by atoms with Gasteiger partial charge in [0.15, 0.2) is 0 Å². The fraction of sp³-hybridized carbons (Fsp3) is 0.294. The first-order chi connectivity index (χ1) is 9.61. The smallest absolute Gasteiger partial charge is 0.128 e. The summed E-state index contributed by atoms with van der Waals surface area (Å²) in [7, 11) is 0. The van der Waals surface area contributed by atoms with Gasteiger partial charge in [0, 0.05) is 12.1 Å². The molecule has 0 aliphatic rings. The highest BCUT2D eigenvalue weighted by atomic mass is 19.1. The molecule has 0 unspecified atom stereocenters. The van der Waals surface area contributed by atoms with Crippen molar-refractivity contribution in [3.63, 3.8) is 0 Å². The molecule has 2 aromatic rings. The molecule has 0 amide bonds. The van der Waals surface area contributed by atoms with Crippen LogP contribution in [0.4, 0.5) is 8.78 Å². The van der Waals surface area contributed by atoms with Crippen molar-refractivity contribution in [3.8, 4) is 11.1 Å². The van der Waals surface area contributed by atoms with Crippen LogP contribution >= 0.6 is 0 Å². The summed E-state index contributed by atoms with van der Waals surface area (Å²) in [6.07, 6.45) is 1.02. The Morgan fingerprint density at radius 1 is 1.05 bits per heavy atom. The van der Waals surface area contributed by atoms with Crippen molar-refractivity contribution >= 4 is 0 Å². The lowest BCUT2D eigenvalue weighted by Crippen LogP contribution is -2.14. The van der Waals surface area contributed by atoms with E-state index in [4.69, 9.17) is 0 Å². The fourth-order valence-corrected chi connectivity index (χ4v) is 2.21. The van der Waals surface area contributed by atoms with Crippen LogP contribution in [-0.4, -0.2) is 6.54 Å². The maximum absolute atomic E-state index is 14.1. The van der Waals surface area contributed by atoms with E-state index in [1.807, 2.05) is 13.0 Å². The van der Waals surface area contributed by atoms with Crippen molar-refractivity contribution in [3.05, 3.63) is 59.2 Å². The number of nitrogens with one attached hydrogen (secondary N) is 1. The third-order valence-electron chi connectivity index (χ3n) is 3.29. The van der Waals surface area contributed by atoms with Crippen LogP contribution < -0.4 is 5.32 Å². The summed E-state index contributed by atoms with van der Waals surface area (Å²) >= 11 is 0. The van der Waals surface area contributed by atoms with Gasteiger partial charge < -0.3 is 5.32 Å². The zero-order chi connectivity index (χ0) is 14.5. The predicted molar refractivity (Wildman–Crippen MR) is 78.5 cm³/mol. The molecule has 0 aromatic heterocycles. The van der Waals surface area contributed by atoms with Gasteiger partial charge in [-0.3, -0.25) is 0 Å². The molecule has 1 N–H and O–H groups in total. The van der Waals surface area contributed by atoms with E-state index in [9.17, 15) is 8.78 Å². The van der Waals surface area contributed by atoms with E-state index in [1.165, 1.54) is 18.2 Å². The number of aryl methyl sites for hydroxylation is 1. The molecular weight excluding hydrogens is 256 g/mol. The second-order valence-corrected chi connectivity index (χ2v) is 4.94. The van der Waals surface area contributed by atoms with E-state index in [-0.39, 0.29) is 11.6 Å². The molecule has 3 heteroatoms. The van der Waals surface area contributed by atoms with Crippen LogP contribution in [0, 0.1) is 18.6 Å². The van der Waals surface area contributed by atoms with Gasteiger partial charge in [-0.05, 0) is 54.8 Å². The van der Waals surface area contributed by atoms with E-state index in [1.54, 1.807) is 12.1 Å². The predicted octanol–water partition coefficient (Wildman–Crippen LogP) is 4.44. The second-order valence-electron chi connectivity index (χ2n) is 4.94. The lowest BCUT2D eigenvalue weighted by atomic mass is 9.99. The second kappa shape index (κ2) is 6.62. The van der Waals surface area contributed by atoms with Crippen LogP contribution in [-0.2, 0) is 6.54 Å². The van der Waals surface area contributed by atoms with Gasteiger partial charge in [0.2, 0.25) is 0 Å². The van der Waals surface area contributed by atoms with E-state index < -0.39 is 0 Å². The Morgan fingerprint density at radius 2 is 1.85 bits per heavy atom. The standard InChI is InChI=1S/C17H19F2N/c1-3-8-20-11-14-5-4-13(10-17(14)19)16-7-6-15(18)9-12(16)2/h4-7,9-10,20H,3,8,11H2,1-2H3. The normalized spacial score (nSPS) is 10.8. The zero-order valence-corrected chi connectivity index (χ0v) is 11.8. The van der Waals surface area contributed by atoms with Gasteiger partial charge >= 0.3 is 0 Å². The van der Waals surface area contributed by atoms with E-state index in [0.29, 0.717) is 12.1 Å². The Morgan fingerprint density at radius 3 is 2.50 bits per heavy atom. The van der Waals surface area contributed by atoms with Crippen molar-refractivity contribution in [2.45, 2.75) is 26.8 Å². The number of hydrogen-bond acceptors (Lipinski definition) is 1. The summed E-state index contributed by atoms with van der Waals surface area (Å²) < 4.78 is 27.2. The molecule has 2 aromatic carbocycles. The van der Waals surface area contributed by atoms with Gasteiger partial charge in [0.1, 0.15) is 11.6 Å². The van der Waals surface area contributed by atoms with Gasteiger partial charge in [-0.1, -0.05) is 25.1 Å².